The number of rotatable bonds is 14. The van der Waals surface area contributed by atoms with Crippen LogP contribution in [-0.4, -0.2) is 124 Å². The molecule has 12 nitrogen and oxygen atoms in total. The van der Waals surface area contributed by atoms with Crippen LogP contribution in [0.1, 0.15) is 27.7 Å². The van der Waals surface area contributed by atoms with Crippen LogP contribution in [0.5, 0.6) is 0 Å². The molecule has 0 aliphatic carbocycles. The second kappa shape index (κ2) is 13.9. The maximum atomic E-state index is 10.5. The van der Waals surface area contributed by atoms with E-state index < -0.39 is 68.2 Å². The van der Waals surface area contributed by atoms with Crippen LogP contribution < -0.4 is 0 Å². The molecule has 0 saturated carbocycles. The quantitative estimate of drug-likeness (QED) is 0.134. The summed E-state index contributed by atoms with van der Waals surface area (Å²) in [6.07, 6.45) is -11.8. The molecule has 0 radical (unpaired) electrons. The summed E-state index contributed by atoms with van der Waals surface area (Å²) >= 11 is 0. The maximum Gasteiger partial charge on any atom is 0.189 e. The van der Waals surface area contributed by atoms with Crippen LogP contribution in [0.25, 0.3) is 0 Å². The molecule has 6 unspecified atom stereocenters. The number of aliphatic hydroxyl groups is 7. The molecule has 1 fully saturated rings. The van der Waals surface area contributed by atoms with E-state index in [1.54, 1.807) is 20.8 Å². The molecular weight excluding hydrogens is 420 g/mol. The number of hydrogen-bond donors (Lipinski definition) is 7. The molecule has 12 heteroatoms. The van der Waals surface area contributed by atoms with E-state index in [4.69, 9.17) is 28.8 Å². The molecule has 10 atom stereocenters. The third kappa shape index (κ3) is 9.12. The van der Waals surface area contributed by atoms with Gasteiger partial charge in [0, 0.05) is 0 Å². The van der Waals surface area contributed by atoms with Crippen molar-refractivity contribution < 1.29 is 59.4 Å². The summed E-state index contributed by atoms with van der Waals surface area (Å²) in [4.78, 5) is 0. The number of aliphatic hydroxyl groups excluding tert-OH is 7. The second-order valence-electron chi connectivity index (χ2n) is 8.01. The van der Waals surface area contributed by atoms with Crippen molar-refractivity contribution in [3.8, 4) is 0 Å². The molecular formula is C19H38O12. The monoisotopic (exact) mass is 458 g/mol. The summed E-state index contributed by atoms with van der Waals surface area (Å²) in [6, 6.07) is 0. The third-order valence-electron chi connectivity index (χ3n) is 4.68. The summed E-state index contributed by atoms with van der Waals surface area (Å²) in [5.74, 6) is -0.238. The van der Waals surface area contributed by atoms with Gasteiger partial charge in [-0.2, -0.15) is 0 Å². The smallest absolute Gasteiger partial charge is 0.189 e. The van der Waals surface area contributed by atoms with E-state index in [1.807, 2.05) is 0 Å². The lowest BCUT2D eigenvalue weighted by atomic mass is 10.1. The Kier molecular flexibility index (Phi) is 12.8. The van der Waals surface area contributed by atoms with Gasteiger partial charge in [0.25, 0.3) is 0 Å². The van der Waals surface area contributed by atoms with Crippen molar-refractivity contribution in [2.45, 2.75) is 89.3 Å². The van der Waals surface area contributed by atoms with Gasteiger partial charge in [-0.05, 0) is 19.8 Å². The SMILES string of the molecule is CC(C)C(OC[C@H](C)OC1OCC(O)C(O)C1O)[C@H](O)OC(O[C@H](C)CO)[C@@H](O)CO. The molecule has 1 aliphatic rings. The van der Waals surface area contributed by atoms with Gasteiger partial charge in [-0.15, -0.1) is 0 Å². The molecule has 186 valence electrons. The topological polar surface area (TPSA) is 188 Å². The highest BCUT2D eigenvalue weighted by Gasteiger charge is 2.39. The highest BCUT2D eigenvalue weighted by molar-refractivity contribution is 4.83. The van der Waals surface area contributed by atoms with Crippen LogP contribution in [-0.2, 0) is 23.7 Å². The van der Waals surface area contributed by atoms with E-state index in [0.29, 0.717) is 0 Å². The van der Waals surface area contributed by atoms with Crippen LogP contribution >= 0.6 is 0 Å². The first-order chi connectivity index (χ1) is 14.5. The van der Waals surface area contributed by atoms with Crippen LogP contribution in [0, 0.1) is 5.92 Å². The summed E-state index contributed by atoms with van der Waals surface area (Å²) in [5.41, 5.74) is 0. The summed E-state index contributed by atoms with van der Waals surface area (Å²) in [5, 5.41) is 67.8. The van der Waals surface area contributed by atoms with Gasteiger partial charge in [-0.25, -0.2) is 0 Å². The standard InChI is InChI=1S/C19H38O12/c1-9(2)16(17(26)31-18(12(22)6-21)29-10(3)5-20)27-7-11(4)30-19-15(25)14(24)13(23)8-28-19/h9-26H,5-8H2,1-4H3/t10-,11+,12+,13?,14?,15?,16?,17-,18?,19?/m1/s1. The lowest BCUT2D eigenvalue weighted by Crippen LogP contribution is -2.54. The minimum absolute atomic E-state index is 0.0460. The van der Waals surface area contributed by atoms with Crippen molar-refractivity contribution >= 4 is 0 Å². The summed E-state index contributed by atoms with van der Waals surface area (Å²) < 4.78 is 27.0. The molecule has 1 rings (SSSR count). The van der Waals surface area contributed by atoms with Crippen molar-refractivity contribution in [1.29, 1.82) is 0 Å². The van der Waals surface area contributed by atoms with Crippen molar-refractivity contribution in [2.75, 3.05) is 26.4 Å². The first-order valence-corrected chi connectivity index (χ1v) is 10.3. The van der Waals surface area contributed by atoms with Crippen molar-refractivity contribution in [2.24, 2.45) is 5.92 Å². The average molecular weight is 459 g/mol. The van der Waals surface area contributed by atoms with Crippen molar-refractivity contribution in [3.05, 3.63) is 0 Å². The number of ether oxygens (including phenoxy) is 5. The normalized spacial score (nSPS) is 30.6. The Bertz CT molecular complexity index is 481. The zero-order valence-electron chi connectivity index (χ0n) is 18.4. The van der Waals surface area contributed by atoms with Gasteiger partial charge in [0.1, 0.15) is 30.5 Å². The molecule has 0 aromatic heterocycles. The van der Waals surface area contributed by atoms with Gasteiger partial charge in [-0.1, -0.05) is 13.8 Å². The minimum atomic E-state index is -1.54. The minimum Gasteiger partial charge on any atom is -0.394 e. The van der Waals surface area contributed by atoms with Crippen molar-refractivity contribution in [1.82, 2.24) is 0 Å². The Morgan fingerprint density at radius 2 is 1.55 bits per heavy atom. The third-order valence-corrected chi connectivity index (χ3v) is 4.68. The predicted octanol–water partition coefficient (Wildman–Crippen LogP) is -2.72. The maximum absolute atomic E-state index is 10.5. The summed E-state index contributed by atoms with van der Waals surface area (Å²) in [7, 11) is 0. The van der Waals surface area contributed by atoms with Gasteiger partial charge >= 0.3 is 0 Å². The lowest BCUT2D eigenvalue weighted by Gasteiger charge is -2.36. The zero-order valence-corrected chi connectivity index (χ0v) is 18.4. The van der Waals surface area contributed by atoms with Crippen LogP contribution in [0.3, 0.4) is 0 Å². The molecule has 0 aromatic rings. The Balaban J connectivity index is 2.63. The molecule has 1 aliphatic heterocycles. The fourth-order valence-corrected chi connectivity index (χ4v) is 2.80. The second-order valence-corrected chi connectivity index (χ2v) is 8.01. The highest BCUT2D eigenvalue weighted by atomic mass is 16.8. The zero-order chi connectivity index (χ0) is 23.7. The van der Waals surface area contributed by atoms with E-state index in [9.17, 15) is 30.6 Å². The molecule has 0 spiro atoms. The Morgan fingerprint density at radius 3 is 2.10 bits per heavy atom. The molecule has 0 aromatic carbocycles. The largest absolute Gasteiger partial charge is 0.394 e. The summed E-state index contributed by atoms with van der Waals surface area (Å²) in [6.45, 7) is 5.41. The predicted molar refractivity (Wildman–Crippen MR) is 104 cm³/mol. The highest BCUT2D eigenvalue weighted by Crippen LogP contribution is 2.20. The average Bonchev–Trinajstić information content (AvgIpc) is 2.72. The van der Waals surface area contributed by atoms with Crippen LogP contribution in [0.2, 0.25) is 0 Å². The molecule has 7 N–H and O–H groups in total. The van der Waals surface area contributed by atoms with E-state index in [0.717, 1.165) is 0 Å². The van der Waals surface area contributed by atoms with Gasteiger partial charge in [0.2, 0.25) is 0 Å². The first-order valence-electron chi connectivity index (χ1n) is 10.3. The molecule has 1 heterocycles. The van der Waals surface area contributed by atoms with Gasteiger partial charge in [-0.3, -0.25) is 0 Å². The molecule has 0 bridgehead atoms. The Labute approximate surface area is 181 Å². The van der Waals surface area contributed by atoms with E-state index in [-0.39, 0.29) is 25.7 Å². The Morgan fingerprint density at radius 1 is 0.903 bits per heavy atom. The number of hydrogen-bond acceptors (Lipinski definition) is 12. The molecule has 1 saturated heterocycles. The lowest BCUT2D eigenvalue weighted by molar-refractivity contribution is -0.310. The van der Waals surface area contributed by atoms with Crippen LogP contribution in [0.4, 0.5) is 0 Å². The van der Waals surface area contributed by atoms with E-state index in [1.165, 1.54) is 6.92 Å². The van der Waals surface area contributed by atoms with Gasteiger partial charge in [0.05, 0.1) is 38.6 Å². The Hall–Kier alpha value is -0.480. The van der Waals surface area contributed by atoms with Crippen LogP contribution in [0.15, 0.2) is 0 Å². The fraction of sp³-hybridized carbons (Fsp3) is 1.00. The van der Waals surface area contributed by atoms with Crippen molar-refractivity contribution in [3.63, 3.8) is 0 Å². The van der Waals surface area contributed by atoms with E-state index in [2.05, 4.69) is 0 Å². The molecule has 0 amide bonds. The molecule has 31 heavy (non-hydrogen) atoms. The van der Waals surface area contributed by atoms with E-state index >= 15 is 0 Å². The fourth-order valence-electron chi connectivity index (χ4n) is 2.80. The first kappa shape index (κ1) is 28.6. The van der Waals surface area contributed by atoms with Gasteiger partial charge in [0.15, 0.2) is 18.9 Å². The van der Waals surface area contributed by atoms with Gasteiger partial charge < -0.3 is 59.4 Å².